The van der Waals surface area contributed by atoms with Gasteiger partial charge in [-0.1, -0.05) is 32.6 Å². The smallest absolute Gasteiger partial charge is 0.0615 e. The number of piperazine rings is 1. The first-order valence-corrected chi connectivity index (χ1v) is 8.74. The highest BCUT2D eigenvalue weighted by Gasteiger charge is 2.34. The van der Waals surface area contributed by atoms with Gasteiger partial charge >= 0.3 is 0 Å². The van der Waals surface area contributed by atoms with Gasteiger partial charge in [0, 0.05) is 38.3 Å². The Labute approximate surface area is 125 Å². The zero-order valence-electron chi connectivity index (χ0n) is 13.7. The van der Waals surface area contributed by atoms with Crippen LogP contribution in [-0.4, -0.2) is 49.8 Å². The summed E-state index contributed by atoms with van der Waals surface area (Å²) in [7, 11) is 1.83. The van der Waals surface area contributed by atoms with Crippen LogP contribution < -0.4 is 5.32 Å². The van der Waals surface area contributed by atoms with Crippen LogP contribution in [0.4, 0.5) is 0 Å². The lowest BCUT2D eigenvalue weighted by molar-refractivity contribution is 0.0245. The highest BCUT2D eigenvalue weighted by atomic mass is 16.5. The van der Waals surface area contributed by atoms with Crippen LogP contribution in [-0.2, 0) is 4.74 Å². The van der Waals surface area contributed by atoms with E-state index in [1.165, 1.54) is 58.0 Å². The van der Waals surface area contributed by atoms with Gasteiger partial charge in [0.05, 0.1) is 6.61 Å². The maximum atomic E-state index is 5.40. The molecule has 1 heterocycles. The summed E-state index contributed by atoms with van der Waals surface area (Å²) < 4.78 is 5.40. The number of rotatable bonds is 6. The van der Waals surface area contributed by atoms with Gasteiger partial charge in [-0.15, -0.1) is 0 Å². The second-order valence-corrected chi connectivity index (χ2v) is 6.86. The molecule has 0 bridgehead atoms. The Hall–Kier alpha value is -0.120. The van der Waals surface area contributed by atoms with E-state index in [4.69, 9.17) is 4.74 Å². The molecule has 3 atom stereocenters. The van der Waals surface area contributed by atoms with Crippen LogP contribution in [0.25, 0.3) is 0 Å². The first kappa shape index (κ1) is 16.3. The predicted molar refractivity (Wildman–Crippen MR) is 85.1 cm³/mol. The molecule has 118 valence electrons. The van der Waals surface area contributed by atoms with Crippen LogP contribution in [0.2, 0.25) is 0 Å². The fourth-order valence-electron chi connectivity index (χ4n) is 4.18. The topological polar surface area (TPSA) is 24.5 Å². The van der Waals surface area contributed by atoms with Gasteiger partial charge in [-0.05, 0) is 32.1 Å². The van der Waals surface area contributed by atoms with Crippen LogP contribution in [0.1, 0.15) is 58.8 Å². The van der Waals surface area contributed by atoms with Crippen LogP contribution in [0.3, 0.4) is 0 Å². The minimum absolute atomic E-state index is 0.546. The molecule has 1 saturated carbocycles. The second kappa shape index (κ2) is 8.35. The summed E-state index contributed by atoms with van der Waals surface area (Å²) in [5.74, 6) is 0.906. The Morgan fingerprint density at radius 3 is 2.65 bits per heavy atom. The Bertz CT molecular complexity index is 266. The minimum atomic E-state index is 0.546. The third kappa shape index (κ3) is 4.19. The van der Waals surface area contributed by atoms with Gasteiger partial charge in [0.1, 0.15) is 0 Å². The molecular formula is C17H34N2O. The summed E-state index contributed by atoms with van der Waals surface area (Å²) in [5, 5.41) is 3.87. The van der Waals surface area contributed by atoms with Crippen molar-refractivity contribution < 1.29 is 4.74 Å². The third-order valence-electron chi connectivity index (χ3n) is 5.31. The summed E-state index contributed by atoms with van der Waals surface area (Å²) in [6, 6.07) is 1.96. The Morgan fingerprint density at radius 2 is 2.00 bits per heavy atom. The first-order valence-electron chi connectivity index (χ1n) is 8.74. The minimum Gasteiger partial charge on any atom is -0.383 e. The van der Waals surface area contributed by atoms with Gasteiger partial charge in [-0.3, -0.25) is 4.90 Å². The van der Waals surface area contributed by atoms with E-state index in [1.807, 2.05) is 7.11 Å². The van der Waals surface area contributed by atoms with Crippen molar-refractivity contribution in [2.45, 2.75) is 76.9 Å². The van der Waals surface area contributed by atoms with E-state index < -0.39 is 0 Å². The fraction of sp³-hybridized carbons (Fsp3) is 1.00. The SMILES string of the molecule is CCCC1CNC(C2CCCCC2)CN1C(C)COC. The molecule has 2 rings (SSSR count). The lowest BCUT2D eigenvalue weighted by Gasteiger charge is -2.46. The van der Waals surface area contributed by atoms with E-state index in [-0.39, 0.29) is 0 Å². The normalized spacial score (nSPS) is 31.4. The Morgan fingerprint density at radius 1 is 1.25 bits per heavy atom. The van der Waals surface area contributed by atoms with E-state index >= 15 is 0 Å². The molecule has 0 spiro atoms. The maximum absolute atomic E-state index is 5.40. The molecule has 1 aliphatic heterocycles. The van der Waals surface area contributed by atoms with E-state index in [2.05, 4.69) is 24.1 Å². The van der Waals surface area contributed by atoms with Crippen LogP contribution in [0.15, 0.2) is 0 Å². The largest absolute Gasteiger partial charge is 0.383 e. The van der Waals surface area contributed by atoms with Crippen molar-refractivity contribution in [1.29, 1.82) is 0 Å². The molecule has 20 heavy (non-hydrogen) atoms. The highest BCUT2D eigenvalue weighted by molar-refractivity contribution is 4.92. The summed E-state index contributed by atoms with van der Waals surface area (Å²) >= 11 is 0. The van der Waals surface area contributed by atoms with Crippen LogP contribution >= 0.6 is 0 Å². The van der Waals surface area contributed by atoms with Gasteiger partial charge in [0.25, 0.3) is 0 Å². The van der Waals surface area contributed by atoms with E-state index in [0.29, 0.717) is 18.1 Å². The van der Waals surface area contributed by atoms with Crippen molar-refractivity contribution in [3.63, 3.8) is 0 Å². The van der Waals surface area contributed by atoms with Gasteiger partial charge < -0.3 is 10.1 Å². The Balaban J connectivity index is 1.95. The monoisotopic (exact) mass is 282 g/mol. The van der Waals surface area contributed by atoms with Crippen LogP contribution in [0.5, 0.6) is 0 Å². The molecule has 1 aliphatic carbocycles. The molecule has 0 aromatic carbocycles. The molecule has 0 aromatic rings. The van der Waals surface area contributed by atoms with E-state index in [0.717, 1.165) is 12.5 Å². The molecule has 1 N–H and O–H groups in total. The number of hydrogen-bond donors (Lipinski definition) is 1. The average molecular weight is 282 g/mol. The molecule has 1 saturated heterocycles. The van der Waals surface area contributed by atoms with Crippen molar-refractivity contribution in [3.05, 3.63) is 0 Å². The number of nitrogens with zero attached hydrogens (tertiary/aromatic N) is 1. The number of methoxy groups -OCH3 is 1. The molecule has 0 amide bonds. The summed E-state index contributed by atoms with van der Waals surface area (Å²) in [5.41, 5.74) is 0. The summed E-state index contributed by atoms with van der Waals surface area (Å²) in [4.78, 5) is 2.72. The molecular weight excluding hydrogens is 248 g/mol. The standard InChI is InChI=1S/C17H34N2O/c1-4-8-16-11-18-17(15-9-6-5-7-10-15)12-19(16)14(2)13-20-3/h14-18H,4-13H2,1-3H3. The van der Waals surface area contributed by atoms with Crippen molar-refractivity contribution in [1.82, 2.24) is 10.2 Å². The zero-order chi connectivity index (χ0) is 14.4. The molecule has 0 radical (unpaired) electrons. The van der Waals surface area contributed by atoms with Crippen molar-refractivity contribution in [2.75, 3.05) is 26.8 Å². The van der Waals surface area contributed by atoms with Gasteiger partial charge in [-0.2, -0.15) is 0 Å². The van der Waals surface area contributed by atoms with Crippen molar-refractivity contribution in [3.8, 4) is 0 Å². The quantitative estimate of drug-likeness (QED) is 0.810. The van der Waals surface area contributed by atoms with Crippen molar-refractivity contribution in [2.24, 2.45) is 5.92 Å². The zero-order valence-corrected chi connectivity index (χ0v) is 13.7. The summed E-state index contributed by atoms with van der Waals surface area (Å²) in [6.07, 6.45) is 9.77. The fourth-order valence-corrected chi connectivity index (χ4v) is 4.18. The average Bonchev–Trinajstić information content (AvgIpc) is 2.49. The number of ether oxygens (including phenoxy) is 1. The summed E-state index contributed by atoms with van der Waals surface area (Å²) in [6.45, 7) is 7.88. The van der Waals surface area contributed by atoms with E-state index in [1.54, 1.807) is 0 Å². The van der Waals surface area contributed by atoms with Gasteiger partial charge in [0.2, 0.25) is 0 Å². The maximum Gasteiger partial charge on any atom is 0.0615 e. The third-order valence-corrected chi connectivity index (χ3v) is 5.31. The second-order valence-electron chi connectivity index (χ2n) is 6.86. The predicted octanol–water partition coefficient (Wildman–Crippen LogP) is 3.04. The van der Waals surface area contributed by atoms with Crippen LogP contribution in [0, 0.1) is 5.92 Å². The molecule has 3 unspecified atom stereocenters. The number of nitrogens with one attached hydrogen (secondary N) is 1. The lowest BCUT2D eigenvalue weighted by atomic mass is 9.82. The molecule has 2 aliphatic rings. The first-order chi connectivity index (χ1) is 9.76. The molecule has 2 fully saturated rings. The van der Waals surface area contributed by atoms with Crippen molar-refractivity contribution >= 4 is 0 Å². The molecule has 3 heteroatoms. The van der Waals surface area contributed by atoms with E-state index in [9.17, 15) is 0 Å². The Kier molecular flexibility index (Phi) is 6.79. The van der Waals surface area contributed by atoms with Gasteiger partial charge in [-0.25, -0.2) is 0 Å². The molecule has 0 aromatic heterocycles. The lowest BCUT2D eigenvalue weighted by Crippen LogP contribution is -2.61. The van der Waals surface area contributed by atoms with Gasteiger partial charge in [0.15, 0.2) is 0 Å². The molecule has 3 nitrogen and oxygen atoms in total. The number of hydrogen-bond acceptors (Lipinski definition) is 3. The highest BCUT2D eigenvalue weighted by Crippen LogP contribution is 2.29.